The van der Waals surface area contributed by atoms with Gasteiger partial charge in [-0.3, -0.25) is 9.89 Å². The van der Waals surface area contributed by atoms with Crippen LogP contribution in [0.15, 0.2) is 34.6 Å². The van der Waals surface area contributed by atoms with Crippen LogP contribution in [0.2, 0.25) is 0 Å². The SMILES string of the molecule is CCNC(=NCC(c1ccccc1OC)N1CCCCC1)NCCc1csc(C)n1.I. The molecule has 1 fully saturated rings. The maximum atomic E-state index is 5.67. The van der Waals surface area contributed by atoms with Crippen molar-refractivity contribution >= 4 is 41.3 Å². The lowest BCUT2D eigenvalue weighted by atomic mass is 10.0. The zero-order valence-electron chi connectivity index (χ0n) is 18.9. The predicted molar refractivity (Wildman–Crippen MR) is 141 cm³/mol. The third-order valence-electron chi connectivity index (χ3n) is 5.44. The van der Waals surface area contributed by atoms with Gasteiger partial charge < -0.3 is 15.4 Å². The van der Waals surface area contributed by atoms with Gasteiger partial charge >= 0.3 is 0 Å². The molecule has 1 aliphatic heterocycles. The first-order valence-electron chi connectivity index (χ1n) is 11.0. The molecule has 1 aliphatic rings. The van der Waals surface area contributed by atoms with Crippen molar-refractivity contribution in [3.63, 3.8) is 0 Å². The molecule has 2 N–H and O–H groups in total. The van der Waals surface area contributed by atoms with E-state index in [0.29, 0.717) is 6.54 Å². The molecular formula is C23H36IN5OS. The Bertz CT molecular complexity index is 807. The zero-order valence-corrected chi connectivity index (χ0v) is 22.0. The molecule has 1 aromatic heterocycles. The van der Waals surface area contributed by atoms with Gasteiger partial charge in [-0.15, -0.1) is 35.3 Å². The topological polar surface area (TPSA) is 61.8 Å². The Balaban J connectivity index is 0.00000341. The summed E-state index contributed by atoms with van der Waals surface area (Å²) >= 11 is 1.70. The first kappa shape index (κ1) is 25.9. The Morgan fingerprint density at radius 1 is 1.23 bits per heavy atom. The number of thiazole rings is 1. The summed E-state index contributed by atoms with van der Waals surface area (Å²) in [6.07, 6.45) is 4.72. The van der Waals surface area contributed by atoms with E-state index in [4.69, 9.17) is 9.73 Å². The molecule has 1 saturated heterocycles. The van der Waals surface area contributed by atoms with Crippen LogP contribution in [0.1, 0.15) is 48.5 Å². The molecule has 1 aromatic carbocycles. The van der Waals surface area contributed by atoms with Crippen molar-refractivity contribution in [2.75, 3.05) is 39.8 Å². The van der Waals surface area contributed by atoms with Gasteiger partial charge in [0.05, 0.1) is 30.4 Å². The van der Waals surface area contributed by atoms with Gasteiger partial charge in [0.2, 0.25) is 0 Å². The molecule has 2 heterocycles. The minimum absolute atomic E-state index is 0. The first-order chi connectivity index (χ1) is 14.7. The van der Waals surface area contributed by atoms with Crippen molar-refractivity contribution in [2.24, 2.45) is 4.99 Å². The number of nitrogens with one attached hydrogen (secondary N) is 2. The quantitative estimate of drug-likeness (QED) is 0.272. The molecule has 2 aromatic rings. The van der Waals surface area contributed by atoms with Gasteiger partial charge in [-0.2, -0.15) is 0 Å². The van der Waals surface area contributed by atoms with Crippen LogP contribution in [-0.4, -0.2) is 55.7 Å². The van der Waals surface area contributed by atoms with E-state index in [0.717, 1.165) is 55.0 Å². The van der Waals surface area contributed by atoms with E-state index in [1.807, 2.05) is 13.0 Å². The van der Waals surface area contributed by atoms with Crippen molar-refractivity contribution in [1.82, 2.24) is 20.5 Å². The number of halogens is 1. The number of aryl methyl sites for hydroxylation is 1. The highest BCUT2D eigenvalue weighted by Gasteiger charge is 2.24. The summed E-state index contributed by atoms with van der Waals surface area (Å²) in [7, 11) is 1.75. The molecule has 0 aliphatic carbocycles. The predicted octanol–water partition coefficient (Wildman–Crippen LogP) is 4.40. The molecule has 0 saturated carbocycles. The van der Waals surface area contributed by atoms with E-state index >= 15 is 0 Å². The first-order valence-corrected chi connectivity index (χ1v) is 11.9. The monoisotopic (exact) mass is 557 g/mol. The number of aromatic nitrogens is 1. The lowest BCUT2D eigenvalue weighted by Gasteiger charge is -2.34. The normalized spacial score (nSPS) is 15.8. The maximum Gasteiger partial charge on any atom is 0.191 e. The third kappa shape index (κ3) is 7.91. The smallest absolute Gasteiger partial charge is 0.191 e. The van der Waals surface area contributed by atoms with Gasteiger partial charge in [0, 0.05) is 30.5 Å². The number of hydrogen-bond acceptors (Lipinski definition) is 5. The summed E-state index contributed by atoms with van der Waals surface area (Å²) in [6.45, 7) is 8.74. The second kappa shape index (κ2) is 13.9. The Labute approximate surface area is 207 Å². The van der Waals surface area contributed by atoms with Crippen LogP contribution in [-0.2, 0) is 6.42 Å². The molecular weight excluding hydrogens is 521 g/mol. The second-order valence-electron chi connectivity index (χ2n) is 7.61. The number of ether oxygens (including phenoxy) is 1. The maximum absolute atomic E-state index is 5.67. The largest absolute Gasteiger partial charge is 0.496 e. The van der Waals surface area contributed by atoms with E-state index in [1.54, 1.807) is 18.4 Å². The highest BCUT2D eigenvalue weighted by molar-refractivity contribution is 14.0. The summed E-state index contributed by atoms with van der Waals surface area (Å²) < 4.78 is 5.67. The van der Waals surface area contributed by atoms with Crippen LogP contribution in [0.5, 0.6) is 5.75 Å². The molecule has 0 radical (unpaired) electrons. The minimum Gasteiger partial charge on any atom is -0.496 e. The fourth-order valence-corrected chi connectivity index (χ4v) is 4.58. The van der Waals surface area contributed by atoms with E-state index in [2.05, 4.69) is 51.0 Å². The summed E-state index contributed by atoms with van der Waals surface area (Å²) in [5.41, 5.74) is 2.36. The van der Waals surface area contributed by atoms with Gasteiger partial charge in [-0.1, -0.05) is 24.6 Å². The molecule has 172 valence electrons. The molecule has 1 atom stereocenters. The Morgan fingerprint density at radius 2 is 2.00 bits per heavy atom. The number of aliphatic imine (C=N–C) groups is 1. The van der Waals surface area contributed by atoms with E-state index in [1.165, 1.54) is 24.8 Å². The van der Waals surface area contributed by atoms with Gasteiger partial charge in [-0.05, 0) is 45.8 Å². The second-order valence-corrected chi connectivity index (χ2v) is 8.67. The standard InChI is InChI=1S/C23H35N5OS.HI/c1-4-24-23(25-13-12-19-17-30-18(2)27-19)26-16-21(28-14-8-5-9-15-28)20-10-6-7-11-22(20)29-3;/h6-7,10-11,17,21H,4-5,8-9,12-16H2,1-3H3,(H2,24,25,26);1H. The number of piperidine rings is 1. The molecule has 31 heavy (non-hydrogen) atoms. The van der Waals surface area contributed by atoms with Gasteiger partial charge in [0.25, 0.3) is 0 Å². The van der Waals surface area contributed by atoms with Crippen molar-refractivity contribution in [3.05, 3.63) is 45.9 Å². The number of benzene rings is 1. The lowest BCUT2D eigenvalue weighted by molar-refractivity contribution is 0.165. The average molecular weight is 558 g/mol. The van der Waals surface area contributed by atoms with Crippen LogP contribution in [0.25, 0.3) is 0 Å². The number of guanidine groups is 1. The van der Waals surface area contributed by atoms with Gasteiger partial charge in [0.1, 0.15) is 5.75 Å². The summed E-state index contributed by atoms with van der Waals surface area (Å²) in [6, 6.07) is 8.58. The summed E-state index contributed by atoms with van der Waals surface area (Å²) in [5, 5.41) is 10.1. The molecule has 6 nitrogen and oxygen atoms in total. The number of rotatable bonds is 9. The Morgan fingerprint density at radius 3 is 2.68 bits per heavy atom. The van der Waals surface area contributed by atoms with Crippen molar-refractivity contribution < 1.29 is 4.74 Å². The zero-order chi connectivity index (χ0) is 21.2. The number of nitrogens with zero attached hydrogens (tertiary/aromatic N) is 3. The molecule has 0 spiro atoms. The van der Waals surface area contributed by atoms with Crippen LogP contribution in [0, 0.1) is 6.92 Å². The van der Waals surface area contributed by atoms with Gasteiger partial charge in [0.15, 0.2) is 5.96 Å². The van der Waals surface area contributed by atoms with Gasteiger partial charge in [-0.25, -0.2) is 4.98 Å². The number of para-hydroxylation sites is 1. The van der Waals surface area contributed by atoms with Crippen molar-refractivity contribution in [2.45, 2.75) is 45.6 Å². The lowest BCUT2D eigenvalue weighted by Crippen LogP contribution is -2.40. The third-order valence-corrected chi connectivity index (χ3v) is 6.26. The fourth-order valence-electron chi connectivity index (χ4n) is 3.93. The highest BCUT2D eigenvalue weighted by atomic mass is 127. The van der Waals surface area contributed by atoms with Crippen LogP contribution in [0.4, 0.5) is 0 Å². The molecule has 3 rings (SSSR count). The summed E-state index contributed by atoms with van der Waals surface area (Å²) in [4.78, 5) is 12.1. The molecule has 0 bridgehead atoms. The minimum atomic E-state index is 0. The number of methoxy groups -OCH3 is 1. The van der Waals surface area contributed by atoms with E-state index in [-0.39, 0.29) is 30.0 Å². The Kier molecular flexibility index (Phi) is 11.6. The number of hydrogen-bond donors (Lipinski definition) is 2. The Hall–Kier alpha value is -1.39. The van der Waals surface area contributed by atoms with E-state index in [9.17, 15) is 0 Å². The van der Waals surface area contributed by atoms with Crippen molar-refractivity contribution in [1.29, 1.82) is 0 Å². The van der Waals surface area contributed by atoms with Crippen molar-refractivity contribution in [3.8, 4) is 5.75 Å². The van der Waals surface area contributed by atoms with Crippen LogP contribution >= 0.6 is 35.3 Å². The molecule has 8 heteroatoms. The average Bonchev–Trinajstić information content (AvgIpc) is 3.20. The van der Waals surface area contributed by atoms with E-state index < -0.39 is 0 Å². The molecule has 0 amide bonds. The summed E-state index contributed by atoms with van der Waals surface area (Å²) in [5.74, 6) is 1.81. The number of likely N-dealkylation sites (tertiary alicyclic amines) is 1. The highest BCUT2D eigenvalue weighted by Crippen LogP contribution is 2.31. The van der Waals surface area contributed by atoms with Crippen LogP contribution < -0.4 is 15.4 Å². The fraction of sp³-hybridized carbons (Fsp3) is 0.565. The van der Waals surface area contributed by atoms with Crippen LogP contribution in [0.3, 0.4) is 0 Å². The molecule has 1 unspecified atom stereocenters.